The Labute approximate surface area is 162 Å². The third-order valence-corrected chi connectivity index (χ3v) is 3.79. The highest BCUT2D eigenvalue weighted by atomic mass is 19.4. The molecule has 2 amide bonds. The number of rotatable bonds is 7. The third kappa shape index (κ3) is 7.75. The van der Waals surface area contributed by atoms with Gasteiger partial charge in [-0.1, -0.05) is 12.1 Å². The van der Waals surface area contributed by atoms with E-state index in [1.807, 2.05) is 0 Å². The second kappa shape index (κ2) is 9.77. The van der Waals surface area contributed by atoms with Crippen molar-refractivity contribution < 1.29 is 32.6 Å². The number of nitrogens with zero attached hydrogens (tertiary/aromatic N) is 1. The normalized spacial score (nSPS) is 13.0. The molecule has 1 atom stereocenters. The van der Waals surface area contributed by atoms with Crippen LogP contribution in [0.3, 0.4) is 0 Å². The molecular formula is C19H27F3N2O4. The minimum absolute atomic E-state index is 0.0943. The van der Waals surface area contributed by atoms with Crippen LogP contribution in [0.25, 0.3) is 0 Å². The first-order valence-electron chi connectivity index (χ1n) is 8.92. The molecule has 1 aromatic rings. The van der Waals surface area contributed by atoms with Crippen molar-refractivity contribution in [3.63, 3.8) is 0 Å². The second-order valence-corrected chi connectivity index (χ2v) is 7.22. The summed E-state index contributed by atoms with van der Waals surface area (Å²) in [7, 11) is 0. The summed E-state index contributed by atoms with van der Waals surface area (Å²) in [6.45, 7) is 6.84. The summed E-state index contributed by atoms with van der Waals surface area (Å²) in [6.07, 6.45) is -5.66. The number of halogens is 3. The number of benzene rings is 1. The average Bonchev–Trinajstić information content (AvgIpc) is 2.56. The Kier molecular flexibility index (Phi) is 8.29. The number of amides is 2. The fourth-order valence-electron chi connectivity index (χ4n) is 2.52. The number of hydrogen-bond acceptors (Lipinski definition) is 4. The van der Waals surface area contributed by atoms with E-state index in [9.17, 15) is 22.8 Å². The van der Waals surface area contributed by atoms with Crippen LogP contribution in [0.1, 0.15) is 51.3 Å². The summed E-state index contributed by atoms with van der Waals surface area (Å²) in [5.41, 5.74) is -1.55. The van der Waals surface area contributed by atoms with Crippen LogP contribution in [0.2, 0.25) is 0 Å². The van der Waals surface area contributed by atoms with Gasteiger partial charge in [-0.05, 0) is 45.4 Å². The van der Waals surface area contributed by atoms with Crippen molar-refractivity contribution >= 4 is 12.0 Å². The molecule has 0 aliphatic carbocycles. The van der Waals surface area contributed by atoms with Gasteiger partial charge in [0.2, 0.25) is 5.91 Å². The van der Waals surface area contributed by atoms with Crippen LogP contribution in [-0.2, 0) is 15.7 Å². The van der Waals surface area contributed by atoms with Gasteiger partial charge >= 0.3 is 12.3 Å². The predicted molar refractivity (Wildman–Crippen MR) is 97.5 cm³/mol. The van der Waals surface area contributed by atoms with Crippen LogP contribution in [0.5, 0.6) is 0 Å². The SMILES string of the molecule is CCN(CCO)C(=O)CC(NC(=O)OC(C)(C)C)c1cccc(C(F)(F)F)c1. The summed E-state index contributed by atoms with van der Waals surface area (Å²) in [6, 6.07) is 3.43. The lowest BCUT2D eigenvalue weighted by atomic mass is 10.0. The van der Waals surface area contributed by atoms with Crippen molar-refractivity contribution in [3.8, 4) is 0 Å². The molecule has 28 heavy (non-hydrogen) atoms. The number of alkyl carbamates (subject to hydrolysis) is 1. The van der Waals surface area contributed by atoms with E-state index in [2.05, 4.69) is 5.32 Å². The van der Waals surface area contributed by atoms with E-state index in [1.165, 1.54) is 17.0 Å². The zero-order valence-electron chi connectivity index (χ0n) is 16.5. The van der Waals surface area contributed by atoms with Gasteiger partial charge in [-0.15, -0.1) is 0 Å². The van der Waals surface area contributed by atoms with Crippen LogP contribution in [0.4, 0.5) is 18.0 Å². The van der Waals surface area contributed by atoms with E-state index in [0.717, 1.165) is 12.1 Å². The first-order chi connectivity index (χ1) is 12.9. The topological polar surface area (TPSA) is 78.9 Å². The molecule has 9 heteroatoms. The van der Waals surface area contributed by atoms with Gasteiger partial charge in [0, 0.05) is 13.1 Å². The van der Waals surface area contributed by atoms with Crippen LogP contribution < -0.4 is 5.32 Å². The molecule has 0 spiro atoms. The molecule has 0 saturated carbocycles. The number of carbonyl (C=O) groups is 2. The molecule has 1 rings (SSSR count). The number of alkyl halides is 3. The number of nitrogens with one attached hydrogen (secondary N) is 1. The molecule has 0 bridgehead atoms. The van der Waals surface area contributed by atoms with Gasteiger partial charge in [0.05, 0.1) is 24.6 Å². The summed E-state index contributed by atoms with van der Waals surface area (Å²) >= 11 is 0. The van der Waals surface area contributed by atoms with Gasteiger partial charge in [0.1, 0.15) is 5.60 Å². The standard InChI is InChI=1S/C19H27F3N2O4/c1-5-24(9-10-25)16(26)12-15(23-17(27)28-18(2,3)4)13-7-6-8-14(11-13)19(20,21)22/h6-8,11,15,25H,5,9-10,12H2,1-4H3,(H,23,27). The zero-order chi connectivity index (χ0) is 21.5. The lowest BCUT2D eigenvalue weighted by molar-refractivity contribution is -0.137. The predicted octanol–water partition coefficient (Wildman–Crippen LogP) is 3.50. The molecule has 0 fully saturated rings. The Morgan fingerprint density at radius 3 is 2.39 bits per heavy atom. The van der Waals surface area contributed by atoms with E-state index < -0.39 is 35.4 Å². The molecule has 0 aliphatic rings. The fourth-order valence-corrected chi connectivity index (χ4v) is 2.52. The van der Waals surface area contributed by atoms with Crippen molar-refractivity contribution in [2.24, 2.45) is 0 Å². The van der Waals surface area contributed by atoms with E-state index in [0.29, 0.717) is 6.54 Å². The summed E-state index contributed by atoms with van der Waals surface area (Å²) in [4.78, 5) is 26.0. The molecule has 158 valence electrons. The molecule has 0 saturated heterocycles. The highest BCUT2D eigenvalue weighted by Crippen LogP contribution is 2.31. The van der Waals surface area contributed by atoms with Gasteiger partial charge < -0.3 is 20.1 Å². The fraction of sp³-hybridized carbons (Fsp3) is 0.579. The zero-order valence-corrected chi connectivity index (χ0v) is 16.5. The molecule has 1 unspecified atom stereocenters. The molecule has 1 aromatic carbocycles. The third-order valence-electron chi connectivity index (χ3n) is 3.79. The first-order valence-corrected chi connectivity index (χ1v) is 8.92. The molecule has 0 radical (unpaired) electrons. The van der Waals surface area contributed by atoms with Crippen molar-refractivity contribution in [2.75, 3.05) is 19.7 Å². The molecule has 0 aliphatic heterocycles. The average molecular weight is 404 g/mol. The maximum absolute atomic E-state index is 13.0. The summed E-state index contributed by atoms with van der Waals surface area (Å²) < 4.78 is 44.3. The number of likely N-dealkylation sites (N-methyl/N-ethyl adjacent to an activating group) is 1. The Balaban J connectivity index is 3.14. The number of aliphatic hydroxyl groups is 1. The van der Waals surface area contributed by atoms with Crippen LogP contribution in [0, 0.1) is 0 Å². The van der Waals surface area contributed by atoms with E-state index in [1.54, 1.807) is 27.7 Å². The highest BCUT2D eigenvalue weighted by molar-refractivity contribution is 5.78. The maximum atomic E-state index is 13.0. The van der Waals surface area contributed by atoms with Crippen molar-refractivity contribution in [1.82, 2.24) is 10.2 Å². The molecular weight excluding hydrogens is 377 g/mol. The van der Waals surface area contributed by atoms with Crippen LogP contribution in [0.15, 0.2) is 24.3 Å². The minimum Gasteiger partial charge on any atom is -0.444 e. The van der Waals surface area contributed by atoms with E-state index in [4.69, 9.17) is 9.84 Å². The van der Waals surface area contributed by atoms with Crippen LogP contribution >= 0.6 is 0 Å². The minimum atomic E-state index is -4.55. The van der Waals surface area contributed by atoms with Gasteiger partial charge in [-0.2, -0.15) is 13.2 Å². The number of hydrogen-bond donors (Lipinski definition) is 2. The van der Waals surface area contributed by atoms with Crippen molar-refractivity contribution in [1.29, 1.82) is 0 Å². The van der Waals surface area contributed by atoms with E-state index in [-0.39, 0.29) is 25.1 Å². The largest absolute Gasteiger partial charge is 0.444 e. The van der Waals surface area contributed by atoms with Gasteiger partial charge in [-0.3, -0.25) is 4.79 Å². The summed E-state index contributed by atoms with van der Waals surface area (Å²) in [5, 5.41) is 11.5. The Bertz CT molecular complexity index is 672. The first kappa shape index (κ1) is 23.7. The molecule has 0 aromatic heterocycles. The molecule has 6 nitrogen and oxygen atoms in total. The lowest BCUT2D eigenvalue weighted by Crippen LogP contribution is -2.39. The number of ether oxygens (including phenoxy) is 1. The highest BCUT2D eigenvalue weighted by Gasteiger charge is 2.32. The number of aliphatic hydroxyl groups excluding tert-OH is 1. The van der Waals surface area contributed by atoms with Crippen LogP contribution in [-0.4, -0.2) is 47.3 Å². The Morgan fingerprint density at radius 2 is 1.89 bits per heavy atom. The Morgan fingerprint density at radius 1 is 1.25 bits per heavy atom. The maximum Gasteiger partial charge on any atom is 0.416 e. The van der Waals surface area contributed by atoms with Gasteiger partial charge in [-0.25, -0.2) is 4.79 Å². The monoisotopic (exact) mass is 404 g/mol. The second-order valence-electron chi connectivity index (χ2n) is 7.22. The summed E-state index contributed by atoms with van der Waals surface area (Å²) in [5.74, 6) is -0.407. The molecule has 0 heterocycles. The Hall–Kier alpha value is -2.29. The van der Waals surface area contributed by atoms with E-state index >= 15 is 0 Å². The van der Waals surface area contributed by atoms with Crippen molar-refractivity contribution in [3.05, 3.63) is 35.4 Å². The van der Waals surface area contributed by atoms with Crippen molar-refractivity contribution in [2.45, 2.75) is 51.9 Å². The smallest absolute Gasteiger partial charge is 0.416 e. The van der Waals surface area contributed by atoms with Gasteiger partial charge in [0.15, 0.2) is 0 Å². The van der Waals surface area contributed by atoms with Gasteiger partial charge in [0.25, 0.3) is 0 Å². The lowest BCUT2D eigenvalue weighted by Gasteiger charge is -2.26. The quantitative estimate of drug-likeness (QED) is 0.729. The molecule has 2 N–H and O–H groups in total. The number of carbonyl (C=O) groups excluding carboxylic acids is 2.